The van der Waals surface area contributed by atoms with Gasteiger partial charge in [0.2, 0.25) is 5.91 Å². The molecule has 1 heterocycles. The number of carbonyl (C=O) groups is 2. The van der Waals surface area contributed by atoms with Crippen molar-refractivity contribution in [1.29, 1.82) is 0 Å². The zero-order valence-corrected chi connectivity index (χ0v) is 8.36. The maximum absolute atomic E-state index is 11.4. The quantitative estimate of drug-likeness (QED) is 0.643. The first-order valence-corrected chi connectivity index (χ1v) is 4.49. The molecule has 0 aliphatic rings. The van der Waals surface area contributed by atoms with Crippen molar-refractivity contribution < 1.29 is 9.59 Å². The zero-order valence-electron chi connectivity index (χ0n) is 8.36. The molecule has 0 atom stereocenters. The molecule has 2 amide bonds. The molecule has 0 spiro atoms. The standard InChI is InChI=1S/C9H12N4O2/c1-7(14)11-4-5-13-9(15)8-6-10-2-3-12-8/h2-3,6H,4-5H2,1H3,(H,11,14)(H,13,15). The summed E-state index contributed by atoms with van der Waals surface area (Å²) in [4.78, 5) is 29.5. The molecule has 15 heavy (non-hydrogen) atoms. The molecular formula is C9H12N4O2. The molecule has 1 aromatic heterocycles. The fourth-order valence-corrected chi connectivity index (χ4v) is 0.921. The van der Waals surface area contributed by atoms with E-state index in [1.807, 2.05) is 0 Å². The summed E-state index contributed by atoms with van der Waals surface area (Å²) in [5.41, 5.74) is 0.264. The third-order valence-corrected chi connectivity index (χ3v) is 1.58. The molecule has 0 unspecified atom stereocenters. The number of carbonyl (C=O) groups excluding carboxylic acids is 2. The molecule has 0 aliphatic heterocycles. The van der Waals surface area contributed by atoms with Gasteiger partial charge in [-0.25, -0.2) is 4.98 Å². The first-order valence-electron chi connectivity index (χ1n) is 4.49. The second-order valence-electron chi connectivity index (χ2n) is 2.83. The van der Waals surface area contributed by atoms with Crippen LogP contribution in [0.1, 0.15) is 17.4 Å². The van der Waals surface area contributed by atoms with Gasteiger partial charge in [0, 0.05) is 32.4 Å². The van der Waals surface area contributed by atoms with Crippen molar-refractivity contribution in [3.05, 3.63) is 24.3 Å². The number of rotatable bonds is 4. The second kappa shape index (κ2) is 5.69. The van der Waals surface area contributed by atoms with Crippen LogP contribution in [0.2, 0.25) is 0 Å². The van der Waals surface area contributed by atoms with E-state index in [2.05, 4.69) is 20.6 Å². The van der Waals surface area contributed by atoms with Crippen molar-refractivity contribution in [2.24, 2.45) is 0 Å². The summed E-state index contributed by atoms with van der Waals surface area (Å²) in [6, 6.07) is 0. The Kier molecular flexibility index (Phi) is 4.21. The lowest BCUT2D eigenvalue weighted by Gasteiger charge is -2.04. The number of aromatic nitrogens is 2. The SMILES string of the molecule is CC(=O)NCCNC(=O)c1cnccn1. The van der Waals surface area contributed by atoms with Gasteiger partial charge in [-0.1, -0.05) is 0 Å². The van der Waals surface area contributed by atoms with Crippen molar-refractivity contribution in [2.45, 2.75) is 6.92 Å². The van der Waals surface area contributed by atoms with Crippen LogP contribution in [0.15, 0.2) is 18.6 Å². The van der Waals surface area contributed by atoms with Crippen LogP contribution < -0.4 is 10.6 Å². The van der Waals surface area contributed by atoms with Gasteiger partial charge in [0.15, 0.2) is 0 Å². The van der Waals surface area contributed by atoms with E-state index in [1.54, 1.807) is 0 Å². The average Bonchev–Trinajstić information content (AvgIpc) is 2.25. The van der Waals surface area contributed by atoms with E-state index in [4.69, 9.17) is 0 Å². The Morgan fingerprint density at radius 1 is 1.27 bits per heavy atom. The summed E-state index contributed by atoms with van der Waals surface area (Å²) in [6.45, 7) is 2.20. The molecule has 0 saturated carbocycles. The van der Waals surface area contributed by atoms with E-state index in [9.17, 15) is 9.59 Å². The lowest BCUT2D eigenvalue weighted by atomic mass is 10.4. The van der Waals surface area contributed by atoms with Gasteiger partial charge in [-0.2, -0.15) is 0 Å². The van der Waals surface area contributed by atoms with Crippen LogP contribution in [0.25, 0.3) is 0 Å². The van der Waals surface area contributed by atoms with Gasteiger partial charge in [-0.05, 0) is 0 Å². The lowest BCUT2D eigenvalue weighted by molar-refractivity contribution is -0.118. The Morgan fingerprint density at radius 3 is 2.60 bits per heavy atom. The largest absolute Gasteiger partial charge is 0.355 e. The molecule has 1 aromatic rings. The average molecular weight is 208 g/mol. The molecule has 1 rings (SSSR count). The van der Waals surface area contributed by atoms with Crippen LogP contribution in [-0.4, -0.2) is 34.9 Å². The number of amides is 2. The molecule has 6 nitrogen and oxygen atoms in total. The summed E-state index contributed by atoms with van der Waals surface area (Å²) in [5, 5.41) is 5.16. The molecular weight excluding hydrogens is 196 g/mol. The number of nitrogens with zero attached hydrogens (tertiary/aromatic N) is 2. The third kappa shape index (κ3) is 4.17. The van der Waals surface area contributed by atoms with Crippen LogP contribution in [0.5, 0.6) is 0 Å². The Labute approximate surface area is 87.1 Å². The maximum Gasteiger partial charge on any atom is 0.271 e. The van der Waals surface area contributed by atoms with Crippen LogP contribution in [0, 0.1) is 0 Å². The molecule has 0 aromatic carbocycles. The lowest BCUT2D eigenvalue weighted by Crippen LogP contribution is -2.34. The van der Waals surface area contributed by atoms with Gasteiger partial charge in [0.05, 0.1) is 6.20 Å². The number of hydrogen-bond donors (Lipinski definition) is 2. The molecule has 0 saturated heterocycles. The highest BCUT2D eigenvalue weighted by Crippen LogP contribution is 1.88. The molecule has 0 bridgehead atoms. The third-order valence-electron chi connectivity index (χ3n) is 1.58. The predicted octanol–water partition coefficient (Wildman–Crippen LogP) is -0.657. The number of nitrogens with one attached hydrogen (secondary N) is 2. The summed E-state index contributed by atoms with van der Waals surface area (Å²) in [6.07, 6.45) is 4.32. The van der Waals surface area contributed by atoms with Gasteiger partial charge in [0.25, 0.3) is 5.91 Å². The number of hydrogen-bond acceptors (Lipinski definition) is 4. The van der Waals surface area contributed by atoms with Crippen LogP contribution in [-0.2, 0) is 4.79 Å². The van der Waals surface area contributed by atoms with Crippen LogP contribution in [0.3, 0.4) is 0 Å². The van der Waals surface area contributed by atoms with E-state index in [0.29, 0.717) is 13.1 Å². The van der Waals surface area contributed by atoms with E-state index in [-0.39, 0.29) is 17.5 Å². The fraction of sp³-hybridized carbons (Fsp3) is 0.333. The molecule has 6 heteroatoms. The monoisotopic (exact) mass is 208 g/mol. The van der Waals surface area contributed by atoms with Gasteiger partial charge < -0.3 is 10.6 Å². The highest BCUT2D eigenvalue weighted by atomic mass is 16.2. The smallest absolute Gasteiger partial charge is 0.271 e. The molecule has 80 valence electrons. The van der Waals surface area contributed by atoms with E-state index >= 15 is 0 Å². The minimum atomic E-state index is -0.298. The van der Waals surface area contributed by atoms with E-state index < -0.39 is 0 Å². The van der Waals surface area contributed by atoms with Crippen molar-refractivity contribution >= 4 is 11.8 Å². The van der Waals surface area contributed by atoms with E-state index in [1.165, 1.54) is 25.5 Å². The highest BCUT2D eigenvalue weighted by Gasteiger charge is 2.04. The van der Waals surface area contributed by atoms with Gasteiger partial charge >= 0.3 is 0 Å². The summed E-state index contributed by atoms with van der Waals surface area (Å²) < 4.78 is 0. The van der Waals surface area contributed by atoms with Gasteiger partial charge in [-0.15, -0.1) is 0 Å². The fourth-order valence-electron chi connectivity index (χ4n) is 0.921. The maximum atomic E-state index is 11.4. The topological polar surface area (TPSA) is 84.0 Å². The first-order chi connectivity index (χ1) is 7.20. The Hall–Kier alpha value is -1.98. The Morgan fingerprint density at radius 2 is 2.00 bits per heavy atom. The highest BCUT2D eigenvalue weighted by molar-refractivity contribution is 5.91. The first kappa shape index (κ1) is 11.1. The Balaban J connectivity index is 2.28. The van der Waals surface area contributed by atoms with Crippen molar-refractivity contribution in [3.63, 3.8) is 0 Å². The summed E-state index contributed by atoms with van der Waals surface area (Å²) in [7, 11) is 0. The molecule has 0 fully saturated rings. The van der Waals surface area contributed by atoms with Crippen molar-refractivity contribution in [3.8, 4) is 0 Å². The summed E-state index contributed by atoms with van der Waals surface area (Å²) in [5.74, 6) is -0.419. The minimum absolute atomic E-state index is 0.122. The minimum Gasteiger partial charge on any atom is -0.355 e. The molecule has 0 radical (unpaired) electrons. The summed E-state index contributed by atoms with van der Waals surface area (Å²) >= 11 is 0. The van der Waals surface area contributed by atoms with Crippen molar-refractivity contribution in [1.82, 2.24) is 20.6 Å². The van der Waals surface area contributed by atoms with Crippen molar-refractivity contribution in [2.75, 3.05) is 13.1 Å². The predicted molar refractivity (Wildman–Crippen MR) is 53.0 cm³/mol. The Bertz CT molecular complexity index is 339. The van der Waals surface area contributed by atoms with Crippen LogP contribution >= 0.6 is 0 Å². The molecule has 2 N–H and O–H groups in total. The van der Waals surface area contributed by atoms with Crippen LogP contribution in [0.4, 0.5) is 0 Å². The van der Waals surface area contributed by atoms with Gasteiger partial charge in [0.1, 0.15) is 5.69 Å². The molecule has 0 aliphatic carbocycles. The van der Waals surface area contributed by atoms with E-state index in [0.717, 1.165) is 0 Å². The second-order valence-corrected chi connectivity index (χ2v) is 2.83. The van der Waals surface area contributed by atoms with Gasteiger partial charge in [-0.3, -0.25) is 14.6 Å². The zero-order chi connectivity index (χ0) is 11.1. The normalized spacial score (nSPS) is 9.40.